The molecule has 0 radical (unpaired) electrons. The molecule has 0 aliphatic heterocycles. The zero-order chi connectivity index (χ0) is 7.28. The Kier molecular flexibility index (Phi) is 5.65. The van der Waals surface area contributed by atoms with Crippen LogP contribution < -0.4 is 0 Å². The van der Waals surface area contributed by atoms with Gasteiger partial charge in [0.1, 0.15) is 4.84 Å². The Morgan fingerprint density at radius 2 is 2.00 bits per heavy atom. The summed E-state index contributed by atoms with van der Waals surface area (Å²) >= 11 is 15.8. The Morgan fingerprint density at radius 1 is 1.44 bits per heavy atom. The molecule has 0 N–H and O–H groups in total. The van der Waals surface area contributed by atoms with E-state index in [9.17, 15) is 4.79 Å². The van der Waals surface area contributed by atoms with E-state index in [0.717, 1.165) is 0 Å². The van der Waals surface area contributed by atoms with Crippen LogP contribution in [-0.2, 0) is 4.79 Å². The van der Waals surface area contributed by atoms with Gasteiger partial charge in [0.15, 0.2) is 0 Å². The van der Waals surface area contributed by atoms with Crippen molar-refractivity contribution in [2.24, 2.45) is 0 Å². The van der Waals surface area contributed by atoms with Gasteiger partial charge < -0.3 is 0 Å². The quantitative estimate of drug-likeness (QED) is 0.491. The zero-order valence-corrected chi connectivity index (χ0v) is 7.01. The van der Waals surface area contributed by atoms with Crippen LogP contribution in [0.5, 0.6) is 0 Å². The summed E-state index contributed by atoms with van der Waals surface area (Å²) in [6.07, 6.45) is 1.65. The van der Waals surface area contributed by atoms with Crippen molar-refractivity contribution < 1.29 is 4.79 Å². The van der Waals surface area contributed by atoms with Crippen molar-refractivity contribution in [2.45, 2.75) is 24.1 Å². The van der Waals surface area contributed by atoms with Gasteiger partial charge in [-0.15, -0.1) is 23.2 Å². The second-order valence-electron chi connectivity index (χ2n) is 1.64. The number of carbonyl (C=O) groups is 1. The SMILES string of the molecule is O=C(Cl)CCCC(Cl)Cl. The Labute approximate surface area is 69.3 Å². The Hall–Kier alpha value is 0.540. The second-order valence-corrected chi connectivity index (χ2v) is 3.34. The van der Waals surface area contributed by atoms with E-state index in [1.165, 1.54) is 0 Å². The van der Waals surface area contributed by atoms with Gasteiger partial charge in [-0.3, -0.25) is 4.79 Å². The van der Waals surface area contributed by atoms with Crippen molar-refractivity contribution in [3.05, 3.63) is 0 Å². The Balaban J connectivity index is 3.01. The minimum absolute atomic E-state index is 0.330. The first-order chi connectivity index (χ1) is 4.13. The Bertz CT molecular complexity index is 92.2. The highest BCUT2D eigenvalue weighted by atomic mass is 35.5. The molecule has 54 valence electrons. The van der Waals surface area contributed by atoms with E-state index in [0.29, 0.717) is 19.3 Å². The van der Waals surface area contributed by atoms with Gasteiger partial charge in [-0.2, -0.15) is 0 Å². The van der Waals surface area contributed by atoms with Crippen LogP contribution in [0.25, 0.3) is 0 Å². The third-order valence-corrected chi connectivity index (χ3v) is 1.42. The molecule has 0 saturated carbocycles. The highest BCUT2D eigenvalue weighted by molar-refractivity contribution is 6.63. The van der Waals surface area contributed by atoms with Crippen molar-refractivity contribution in [3.8, 4) is 0 Å². The molecule has 0 aromatic carbocycles. The molecular weight excluding hydrogens is 182 g/mol. The summed E-state index contributed by atoms with van der Waals surface area (Å²) in [5, 5.41) is -0.330. The van der Waals surface area contributed by atoms with Crippen LogP contribution in [0.4, 0.5) is 0 Å². The van der Waals surface area contributed by atoms with Crippen molar-refractivity contribution in [3.63, 3.8) is 0 Å². The maximum absolute atomic E-state index is 10.1. The summed E-state index contributed by atoms with van der Waals surface area (Å²) in [6.45, 7) is 0. The zero-order valence-electron chi connectivity index (χ0n) is 4.74. The molecule has 0 bridgehead atoms. The van der Waals surface area contributed by atoms with E-state index < -0.39 is 0 Å². The van der Waals surface area contributed by atoms with Crippen LogP contribution in [0.2, 0.25) is 0 Å². The number of halogens is 3. The molecule has 0 aliphatic carbocycles. The second kappa shape index (κ2) is 5.33. The highest BCUT2D eigenvalue weighted by Crippen LogP contribution is 2.11. The lowest BCUT2D eigenvalue weighted by atomic mass is 10.3. The molecule has 0 fully saturated rings. The summed E-state index contributed by atoms with van der Waals surface area (Å²) in [7, 11) is 0. The fourth-order valence-corrected chi connectivity index (χ4v) is 0.838. The van der Waals surface area contributed by atoms with E-state index in [1.807, 2.05) is 0 Å². The molecule has 0 saturated heterocycles. The largest absolute Gasteiger partial charge is 0.281 e. The summed E-state index contributed by atoms with van der Waals surface area (Å²) < 4.78 is 0. The summed E-state index contributed by atoms with van der Waals surface area (Å²) in [5.41, 5.74) is 0. The fourth-order valence-electron chi connectivity index (χ4n) is 0.395. The molecular formula is C5H7Cl3O. The maximum atomic E-state index is 10.1. The number of hydrogen-bond donors (Lipinski definition) is 0. The van der Waals surface area contributed by atoms with E-state index in [-0.39, 0.29) is 10.1 Å². The number of alkyl halides is 2. The van der Waals surface area contributed by atoms with Gasteiger partial charge in [0.2, 0.25) is 5.24 Å². The van der Waals surface area contributed by atoms with Crippen LogP contribution in [-0.4, -0.2) is 10.1 Å². The smallest absolute Gasteiger partial charge is 0.221 e. The molecule has 0 heterocycles. The fraction of sp³-hybridized carbons (Fsp3) is 0.800. The molecule has 1 nitrogen and oxygen atoms in total. The molecule has 0 atom stereocenters. The van der Waals surface area contributed by atoms with Crippen molar-refractivity contribution in [1.29, 1.82) is 0 Å². The van der Waals surface area contributed by atoms with Gasteiger partial charge in [0.05, 0.1) is 0 Å². The first kappa shape index (κ1) is 9.54. The van der Waals surface area contributed by atoms with E-state index >= 15 is 0 Å². The van der Waals surface area contributed by atoms with E-state index in [4.69, 9.17) is 34.8 Å². The average Bonchev–Trinajstić information content (AvgIpc) is 1.63. The highest BCUT2D eigenvalue weighted by Gasteiger charge is 2.00. The topological polar surface area (TPSA) is 17.1 Å². The molecule has 9 heavy (non-hydrogen) atoms. The first-order valence-electron chi connectivity index (χ1n) is 2.59. The lowest BCUT2D eigenvalue weighted by molar-refractivity contribution is -0.111. The first-order valence-corrected chi connectivity index (χ1v) is 3.84. The van der Waals surface area contributed by atoms with E-state index in [1.54, 1.807) is 0 Å². The average molecular weight is 189 g/mol. The lowest BCUT2D eigenvalue weighted by Crippen LogP contribution is -1.90. The summed E-state index contributed by atoms with van der Waals surface area (Å²) in [6, 6.07) is 0. The molecule has 0 aliphatic rings. The van der Waals surface area contributed by atoms with Crippen LogP contribution >= 0.6 is 34.8 Å². The minimum Gasteiger partial charge on any atom is -0.281 e. The van der Waals surface area contributed by atoms with Crippen LogP contribution in [0.1, 0.15) is 19.3 Å². The Morgan fingerprint density at radius 3 is 2.33 bits per heavy atom. The van der Waals surface area contributed by atoms with Crippen LogP contribution in [0.3, 0.4) is 0 Å². The molecule has 4 heteroatoms. The summed E-state index contributed by atoms with van der Waals surface area (Å²) in [4.78, 5) is 9.73. The molecule has 0 rings (SSSR count). The van der Waals surface area contributed by atoms with Gasteiger partial charge in [-0.1, -0.05) is 0 Å². The van der Waals surface area contributed by atoms with Crippen LogP contribution in [0.15, 0.2) is 0 Å². The standard InChI is InChI=1S/C5H7Cl3O/c6-4(7)2-1-3-5(8)9/h4H,1-3H2. The number of hydrogen-bond acceptors (Lipinski definition) is 1. The lowest BCUT2D eigenvalue weighted by Gasteiger charge is -1.95. The number of rotatable bonds is 4. The minimum atomic E-state index is -0.374. The molecule has 0 amide bonds. The van der Waals surface area contributed by atoms with Gasteiger partial charge in [0, 0.05) is 6.42 Å². The third-order valence-electron chi connectivity index (χ3n) is 0.796. The number of carbonyl (C=O) groups excluding carboxylic acids is 1. The van der Waals surface area contributed by atoms with Crippen molar-refractivity contribution in [1.82, 2.24) is 0 Å². The maximum Gasteiger partial charge on any atom is 0.221 e. The van der Waals surface area contributed by atoms with E-state index in [2.05, 4.69) is 0 Å². The summed E-state index contributed by atoms with van der Waals surface area (Å²) in [5.74, 6) is 0. The normalized spacial score (nSPS) is 10.2. The van der Waals surface area contributed by atoms with Crippen LogP contribution in [0, 0.1) is 0 Å². The molecule has 0 aromatic heterocycles. The van der Waals surface area contributed by atoms with Gasteiger partial charge >= 0.3 is 0 Å². The van der Waals surface area contributed by atoms with Gasteiger partial charge in [-0.25, -0.2) is 0 Å². The van der Waals surface area contributed by atoms with Crippen molar-refractivity contribution in [2.75, 3.05) is 0 Å². The van der Waals surface area contributed by atoms with Gasteiger partial charge in [-0.05, 0) is 24.4 Å². The third kappa shape index (κ3) is 8.54. The molecule has 0 spiro atoms. The molecule has 0 unspecified atom stereocenters. The van der Waals surface area contributed by atoms with Gasteiger partial charge in [0.25, 0.3) is 0 Å². The monoisotopic (exact) mass is 188 g/mol. The van der Waals surface area contributed by atoms with Crippen molar-refractivity contribution >= 4 is 40.0 Å². The molecule has 0 aromatic rings. The predicted octanol–water partition coefficient (Wildman–Crippen LogP) is 2.73. The predicted molar refractivity (Wildman–Crippen MR) is 40.2 cm³/mol.